The zero-order chi connectivity index (χ0) is 13.9. The molecule has 0 aliphatic heterocycles. The van der Waals surface area contributed by atoms with Crippen LogP contribution in [-0.2, 0) is 13.1 Å². The van der Waals surface area contributed by atoms with Gasteiger partial charge in [-0.2, -0.15) is 13.2 Å². The van der Waals surface area contributed by atoms with Gasteiger partial charge in [0, 0.05) is 12.6 Å². The van der Waals surface area contributed by atoms with Crippen LogP contribution >= 0.6 is 0 Å². The van der Waals surface area contributed by atoms with Crippen molar-refractivity contribution in [3.63, 3.8) is 0 Å². The van der Waals surface area contributed by atoms with Crippen molar-refractivity contribution in [2.24, 2.45) is 5.92 Å². The van der Waals surface area contributed by atoms with Gasteiger partial charge in [-0.3, -0.25) is 0 Å². The molecule has 0 spiro atoms. The maximum atomic E-state index is 12.5. The first-order valence-electron chi connectivity index (χ1n) is 6.67. The van der Waals surface area contributed by atoms with Crippen LogP contribution in [-0.4, -0.2) is 27.0 Å². The van der Waals surface area contributed by atoms with Gasteiger partial charge in [0.2, 0.25) is 0 Å². The first kappa shape index (κ1) is 14.3. The van der Waals surface area contributed by atoms with Crippen molar-refractivity contribution in [2.45, 2.75) is 57.9 Å². The highest BCUT2D eigenvalue weighted by Gasteiger charge is 2.41. The van der Waals surface area contributed by atoms with E-state index in [9.17, 15) is 13.2 Å². The Morgan fingerprint density at radius 3 is 2.58 bits per heavy atom. The average Bonchev–Trinajstić information content (AvgIpc) is 2.83. The minimum absolute atomic E-state index is 0.153. The number of aromatic nitrogens is 3. The van der Waals surface area contributed by atoms with E-state index in [0.29, 0.717) is 19.4 Å². The fourth-order valence-electron chi connectivity index (χ4n) is 2.54. The molecule has 108 valence electrons. The molecule has 19 heavy (non-hydrogen) atoms. The average molecular weight is 276 g/mol. The molecule has 0 amide bonds. The van der Waals surface area contributed by atoms with Gasteiger partial charge in [0.15, 0.2) is 0 Å². The Morgan fingerprint density at radius 2 is 2.00 bits per heavy atom. The van der Waals surface area contributed by atoms with Gasteiger partial charge in [-0.15, -0.1) is 10.2 Å². The Kier molecular flexibility index (Phi) is 4.44. The molecule has 1 saturated carbocycles. The number of alkyl halides is 3. The van der Waals surface area contributed by atoms with Crippen molar-refractivity contribution >= 4 is 0 Å². The summed E-state index contributed by atoms with van der Waals surface area (Å²) in [6.45, 7) is 3.36. The lowest BCUT2D eigenvalue weighted by atomic mass is 9.85. The molecule has 2 rings (SSSR count). The standard InChI is InChI=1S/C12H19F3N4/c1-2-19-8-17-18-11(19)7-16-10-5-3-9(4-6-10)12(13,14)15/h8-10,16H,2-7H2,1H3. The quantitative estimate of drug-likeness (QED) is 0.919. The zero-order valence-electron chi connectivity index (χ0n) is 11.0. The molecular weight excluding hydrogens is 257 g/mol. The SMILES string of the molecule is CCn1cnnc1CNC1CCC(C(F)(F)F)CC1. The van der Waals surface area contributed by atoms with Gasteiger partial charge in [0.05, 0.1) is 12.5 Å². The summed E-state index contributed by atoms with van der Waals surface area (Å²) in [6.07, 6.45) is -0.775. The van der Waals surface area contributed by atoms with Gasteiger partial charge in [0.1, 0.15) is 12.2 Å². The second-order valence-corrected chi connectivity index (χ2v) is 5.00. The fourth-order valence-corrected chi connectivity index (χ4v) is 2.54. The van der Waals surface area contributed by atoms with E-state index >= 15 is 0 Å². The maximum absolute atomic E-state index is 12.5. The summed E-state index contributed by atoms with van der Waals surface area (Å²) < 4.78 is 39.5. The molecule has 1 aliphatic carbocycles. The van der Waals surface area contributed by atoms with E-state index in [1.54, 1.807) is 6.33 Å². The molecule has 1 N–H and O–H groups in total. The monoisotopic (exact) mass is 276 g/mol. The molecule has 1 heterocycles. The van der Waals surface area contributed by atoms with Crippen molar-refractivity contribution in [1.29, 1.82) is 0 Å². The number of rotatable bonds is 4. The van der Waals surface area contributed by atoms with E-state index in [1.807, 2.05) is 11.5 Å². The van der Waals surface area contributed by atoms with Gasteiger partial charge < -0.3 is 9.88 Å². The van der Waals surface area contributed by atoms with Gasteiger partial charge in [-0.05, 0) is 32.6 Å². The summed E-state index contributed by atoms with van der Waals surface area (Å²) >= 11 is 0. The van der Waals surface area contributed by atoms with Crippen LogP contribution in [0.5, 0.6) is 0 Å². The van der Waals surface area contributed by atoms with Crippen LogP contribution in [0.15, 0.2) is 6.33 Å². The highest BCUT2D eigenvalue weighted by molar-refractivity contribution is 4.87. The molecular formula is C12H19F3N4. The van der Waals surface area contributed by atoms with Crippen LogP contribution in [0.3, 0.4) is 0 Å². The van der Waals surface area contributed by atoms with Crippen molar-refractivity contribution in [1.82, 2.24) is 20.1 Å². The van der Waals surface area contributed by atoms with Crippen LogP contribution in [0.25, 0.3) is 0 Å². The highest BCUT2D eigenvalue weighted by atomic mass is 19.4. The van der Waals surface area contributed by atoms with Crippen molar-refractivity contribution < 1.29 is 13.2 Å². The van der Waals surface area contributed by atoms with Crippen molar-refractivity contribution in [3.8, 4) is 0 Å². The Balaban J connectivity index is 1.77. The highest BCUT2D eigenvalue weighted by Crippen LogP contribution is 2.37. The number of aryl methyl sites for hydroxylation is 1. The van der Waals surface area contributed by atoms with E-state index < -0.39 is 12.1 Å². The van der Waals surface area contributed by atoms with E-state index in [-0.39, 0.29) is 18.9 Å². The lowest BCUT2D eigenvalue weighted by molar-refractivity contribution is -0.182. The van der Waals surface area contributed by atoms with Gasteiger partial charge >= 0.3 is 6.18 Å². The van der Waals surface area contributed by atoms with Gasteiger partial charge in [-0.25, -0.2) is 0 Å². The van der Waals surface area contributed by atoms with Crippen LogP contribution < -0.4 is 5.32 Å². The number of nitrogens with zero attached hydrogens (tertiary/aromatic N) is 3. The second-order valence-electron chi connectivity index (χ2n) is 5.00. The molecule has 1 fully saturated rings. The third-order valence-electron chi connectivity index (χ3n) is 3.78. The molecule has 0 atom stereocenters. The third-order valence-corrected chi connectivity index (χ3v) is 3.78. The minimum atomic E-state index is -4.03. The predicted molar refractivity (Wildman–Crippen MR) is 64.3 cm³/mol. The molecule has 1 aromatic rings. The number of hydrogen-bond acceptors (Lipinski definition) is 3. The molecule has 0 unspecified atom stereocenters. The molecule has 7 heteroatoms. The van der Waals surface area contributed by atoms with Crippen molar-refractivity contribution in [2.75, 3.05) is 0 Å². The Morgan fingerprint density at radius 1 is 1.32 bits per heavy atom. The summed E-state index contributed by atoms with van der Waals surface area (Å²) in [7, 11) is 0. The topological polar surface area (TPSA) is 42.7 Å². The van der Waals surface area contributed by atoms with Crippen LogP contribution in [0.1, 0.15) is 38.4 Å². The third kappa shape index (κ3) is 3.68. The molecule has 1 aliphatic rings. The maximum Gasteiger partial charge on any atom is 0.391 e. The Hall–Kier alpha value is -1.11. The Bertz CT molecular complexity index is 394. The van der Waals surface area contributed by atoms with E-state index in [1.165, 1.54) is 0 Å². The summed E-state index contributed by atoms with van der Waals surface area (Å²) in [5, 5.41) is 11.1. The first-order valence-corrected chi connectivity index (χ1v) is 6.67. The Labute approximate surface area is 110 Å². The first-order chi connectivity index (χ1) is 9.00. The molecule has 0 saturated heterocycles. The lowest BCUT2D eigenvalue weighted by Crippen LogP contribution is -2.37. The summed E-state index contributed by atoms with van der Waals surface area (Å²) in [5.41, 5.74) is 0. The van der Waals surface area contributed by atoms with E-state index in [0.717, 1.165) is 12.4 Å². The molecule has 0 aromatic carbocycles. The summed E-state index contributed by atoms with van der Waals surface area (Å²) in [4.78, 5) is 0. The van der Waals surface area contributed by atoms with Crippen molar-refractivity contribution in [3.05, 3.63) is 12.2 Å². The lowest BCUT2D eigenvalue weighted by Gasteiger charge is -2.30. The number of halogens is 3. The second kappa shape index (κ2) is 5.90. The summed E-state index contributed by atoms with van der Waals surface area (Å²) in [6, 6.07) is 0.153. The summed E-state index contributed by atoms with van der Waals surface area (Å²) in [5.74, 6) is -0.287. The number of nitrogens with one attached hydrogen (secondary N) is 1. The molecule has 0 radical (unpaired) electrons. The molecule has 4 nitrogen and oxygen atoms in total. The van der Waals surface area contributed by atoms with Gasteiger partial charge in [-0.1, -0.05) is 0 Å². The van der Waals surface area contributed by atoms with E-state index in [2.05, 4.69) is 15.5 Å². The largest absolute Gasteiger partial charge is 0.391 e. The molecule has 0 bridgehead atoms. The zero-order valence-corrected chi connectivity index (χ0v) is 11.0. The van der Waals surface area contributed by atoms with Gasteiger partial charge in [0.25, 0.3) is 0 Å². The minimum Gasteiger partial charge on any atom is -0.317 e. The van der Waals surface area contributed by atoms with Crippen LogP contribution in [0.4, 0.5) is 13.2 Å². The van der Waals surface area contributed by atoms with E-state index in [4.69, 9.17) is 0 Å². The smallest absolute Gasteiger partial charge is 0.317 e. The number of hydrogen-bond donors (Lipinski definition) is 1. The normalized spacial score (nSPS) is 24.6. The fraction of sp³-hybridized carbons (Fsp3) is 0.833. The van der Waals surface area contributed by atoms with Crippen LogP contribution in [0, 0.1) is 5.92 Å². The molecule has 1 aromatic heterocycles. The van der Waals surface area contributed by atoms with Crippen LogP contribution in [0.2, 0.25) is 0 Å². The predicted octanol–water partition coefficient (Wildman–Crippen LogP) is 2.51.